The molecule has 0 spiro atoms. The molecule has 0 saturated heterocycles. The Kier molecular flexibility index (Phi) is 3.88. The van der Waals surface area contributed by atoms with Gasteiger partial charge in [0.05, 0.1) is 5.69 Å². The van der Waals surface area contributed by atoms with E-state index in [1.165, 1.54) is 6.07 Å². The summed E-state index contributed by atoms with van der Waals surface area (Å²) in [5.41, 5.74) is 1.53. The third kappa shape index (κ3) is 2.58. The van der Waals surface area contributed by atoms with E-state index in [4.69, 9.17) is 0 Å². The first-order valence-electron chi connectivity index (χ1n) is 6.68. The second kappa shape index (κ2) is 5.18. The fraction of sp³-hybridized carbons (Fsp3) is 0.500. The molecule has 1 aliphatic heterocycles. The van der Waals surface area contributed by atoms with E-state index in [1.807, 2.05) is 0 Å². The van der Waals surface area contributed by atoms with Crippen LogP contribution in [0.5, 0.6) is 0 Å². The number of rotatable bonds is 4. The van der Waals surface area contributed by atoms with Crippen molar-refractivity contribution in [2.24, 2.45) is 5.41 Å². The Morgan fingerprint density at radius 3 is 2.50 bits per heavy atom. The van der Waals surface area contributed by atoms with Gasteiger partial charge in [0.25, 0.3) is 10.1 Å². The predicted octanol–water partition coefficient (Wildman–Crippen LogP) is 2.52. The minimum atomic E-state index is -4.35. The van der Waals surface area contributed by atoms with Crippen LogP contribution in [0.2, 0.25) is 0 Å². The third-order valence-electron chi connectivity index (χ3n) is 4.33. The minimum absolute atomic E-state index is 0.0605. The Labute approximate surface area is 119 Å². The van der Waals surface area contributed by atoms with Crippen molar-refractivity contribution >= 4 is 22.1 Å². The highest BCUT2D eigenvalue weighted by atomic mass is 32.2. The molecule has 2 N–H and O–H groups in total. The summed E-state index contributed by atoms with van der Waals surface area (Å²) in [5, 5.41) is 3.13. The normalized spacial score (nSPS) is 17.1. The summed E-state index contributed by atoms with van der Waals surface area (Å²) in [7, 11) is -4.35. The summed E-state index contributed by atoms with van der Waals surface area (Å²) >= 11 is 0. The van der Waals surface area contributed by atoms with Gasteiger partial charge in [-0.25, -0.2) is 0 Å². The predicted molar refractivity (Wildman–Crippen MR) is 76.9 cm³/mol. The fourth-order valence-electron chi connectivity index (χ4n) is 2.80. The summed E-state index contributed by atoms with van der Waals surface area (Å²) in [4.78, 5) is 10.8. The molecule has 0 radical (unpaired) electrons. The number of hydrogen-bond donors (Lipinski definition) is 2. The van der Waals surface area contributed by atoms with Gasteiger partial charge in [-0.15, -0.1) is 0 Å². The Bertz CT molecular complexity index is 633. The van der Waals surface area contributed by atoms with Crippen molar-refractivity contribution in [1.29, 1.82) is 0 Å². The SMILES string of the molecule is CCC1(CC)CNc2c(cc(C=O)cc2S(=O)(=O)O)C1. The molecule has 20 heavy (non-hydrogen) atoms. The van der Waals surface area contributed by atoms with Gasteiger partial charge in [-0.2, -0.15) is 8.42 Å². The molecule has 1 aromatic rings. The zero-order valence-corrected chi connectivity index (χ0v) is 12.5. The lowest BCUT2D eigenvalue weighted by molar-refractivity contribution is 0.112. The average molecular weight is 297 g/mol. The standard InChI is InChI=1S/C14H19NO4S/c1-3-14(4-2)7-11-5-10(8-16)6-12(20(17,18)19)13(11)15-9-14/h5-6,8,15H,3-4,7,9H2,1-2H3,(H,17,18,19). The van der Waals surface area contributed by atoms with Crippen LogP contribution in [-0.4, -0.2) is 25.8 Å². The topological polar surface area (TPSA) is 83.5 Å². The van der Waals surface area contributed by atoms with Gasteiger partial charge >= 0.3 is 0 Å². The van der Waals surface area contributed by atoms with Crippen molar-refractivity contribution in [3.63, 3.8) is 0 Å². The first-order valence-corrected chi connectivity index (χ1v) is 8.12. The Morgan fingerprint density at radius 2 is 2.00 bits per heavy atom. The van der Waals surface area contributed by atoms with E-state index in [1.54, 1.807) is 6.07 Å². The maximum absolute atomic E-state index is 11.5. The van der Waals surface area contributed by atoms with E-state index < -0.39 is 10.1 Å². The van der Waals surface area contributed by atoms with E-state index in [-0.39, 0.29) is 15.9 Å². The molecular formula is C14H19NO4S. The smallest absolute Gasteiger partial charge is 0.296 e. The maximum atomic E-state index is 11.5. The molecule has 0 bridgehead atoms. The van der Waals surface area contributed by atoms with Gasteiger partial charge in [0, 0.05) is 12.1 Å². The van der Waals surface area contributed by atoms with Crippen molar-refractivity contribution in [3.8, 4) is 0 Å². The summed E-state index contributed by atoms with van der Waals surface area (Å²) in [5.74, 6) is 0. The zero-order chi connectivity index (χ0) is 15.0. The first-order chi connectivity index (χ1) is 9.35. The second-order valence-electron chi connectivity index (χ2n) is 5.38. The average Bonchev–Trinajstić information content (AvgIpc) is 2.44. The van der Waals surface area contributed by atoms with Crippen LogP contribution in [0.3, 0.4) is 0 Å². The minimum Gasteiger partial charge on any atom is -0.383 e. The van der Waals surface area contributed by atoms with Gasteiger partial charge in [-0.1, -0.05) is 13.8 Å². The fourth-order valence-corrected chi connectivity index (χ4v) is 3.55. The maximum Gasteiger partial charge on any atom is 0.296 e. The lowest BCUT2D eigenvalue weighted by Gasteiger charge is -2.38. The van der Waals surface area contributed by atoms with E-state index in [9.17, 15) is 17.8 Å². The van der Waals surface area contributed by atoms with Gasteiger partial charge in [-0.05, 0) is 42.4 Å². The third-order valence-corrected chi connectivity index (χ3v) is 5.20. The molecule has 0 saturated carbocycles. The second-order valence-corrected chi connectivity index (χ2v) is 6.77. The number of hydrogen-bond acceptors (Lipinski definition) is 4. The summed E-state index contributed by atoms with van der Waals surface area (Å²) in [6, 6.07) is 2.91. The van der Waals surface area contributed by atoms with Crippen LogP contribution in [-0.2, 0) is 16.5 Å². The van der Waals surface area contributed by atoms with E-state index in [0.717, 1.165) is 18.4 Å². The van der Waals surface area contributed by atoms with Crippen LogP contribution >= 0.6 is 0 Å². The van der Waals surface area contributed by atoms with E-state index >= 15 is 0 Å². The van der Waals surface area contributed by atoms with E-state index in [0.29, 0.717) is 24.9 Å². The van der Waals surface area contributed by atoms with Crippen molar-refractivity contribution in [2.75, 3.05) is 11.9 Å². The molecular weight excluding hydrogens is 278 g/mol. The molecule has 0 fully saturated rings. The van der Waals surface area contributed by atoms with Gasteiger partial charge in [0.2, 0.25) is 0 Å². The molecule has 110 valence electrons. The highest BCUT2D eigenvalue weighted by Gasteiger charge is 2.34. The highest BCUT2D eigenvalue weighted by molar-refractivity contribution is 7.86. The summed E-state index contributed by atoms with van der Waals surface area (Å²) in [6.45, 7) is 4.86. The number of fused-ring (bicyclic) bond motifs is 1. The number of anilines is 1. The number of benzene rings is 1. The van der Waals surface area contributed by atoms with Gasteiger partial charge in [0.1, 0.15) is 11.2 Å². The summed E-state index contributed by atoms with van der Waals surface area (Å²) in [6.07, 6.45) is 3.22. The van der Waals surface area contributed by atoms with Crippen LogP contribution in [0.15, 0.2) is 17.0 Å². The van der Waals surface area contributed by atoms with Crippen molar-refractivity contribution in [1.82, 2.24) is 0 Å². The van der Waals surface area contributed by atoms with Gasteiger partial charge < -0.3 is 5.32 Å². The molecule has 1 heterocycles. The van der Waals surface area contributed by atoms with Gasteiger partial charge in [-0.3, -0.25) is 9.35 Å². The lowest BCUT2D eigenvalue weighted by atomic mass is 9.74. The summed E-state index contributed by atoms with van der Waals surface area (Å²) < 4.78 is 32.3. The Morgan fingerprint density at radius 1 is 1.35 bits per heavy atom. The zero-order valence-electron chi connectivity index (χ0n) is 11.6. The molecule has 2 rings (SSSR count). The van der Waals surface area contributed by atoms with Crippen LogP contribution in [0.25, 0.3) is 0 Å². The Balaban J connectivity index is 2.61. The number of nitrogens with one attached hydrogen (secondary N) is 1. The van der Waals surface area contributed by atoms with Crippen molar-refractivity contribution < 1.29 is 17.8 Å². The number of carbonyl (C=O) groups is 1. The molecule has 5 nitrogen and oxygen atoms in total. The molecule has 0 aliphatic carbocycles. The lowest BCUT2D eigenvalue weighted by Crippen LogP contribution is -2.36. The largest absolute Gasteiger partial charge is 0.383 e. The highest BCUT2D eigenvalue weighted by Crippen LogP contribution is 2.40. The van der Waals surface area contributed by atoms with E-state index in [2.05, 4.69) is 19.2 Å². The molecule has 0 atom stereocenters. The van der Waals surface area contributed by atoms with Crippen molar-refractivity contribution in [2.45, 2.75) is 38.0 Å². The molecule has 0 aromatic heterocycles. The van der Waals surface area contributed by atoms with Crippen LogP contribution in [0, 0.1) is 5.41 Å². The van der Waals surface area contributed by atoms with Crippen LogP contribution < -0.4 is 5.32 Å². The number of carbonyl (C=O) groups excluding carboxylic acids is 1. The molecule has 0 unspecified atom stereocenters. The first kappa shape index (κ1) is 15.0. The van der Waals surface area contributed by atoms with Crippen LogP contribution in [0.1, 0.15) is 42.6 Å². The number of aldehydes is 1. The molecule has 6 heteroatoms. The quantitative estimate of drug-likeness (QED) is 0.659. The monoisotopic (exact) mass is 297 g/mol. The molecule has 1 aliphatic rings. The van der Waals surface area contributed by atoms with Crippen LogP contribution in [0.4, 0.5) is 5.69 Å². The molecule has 0 amide bonds. The molecule has 1 aromatic carbocycles. The Hall–Kier alpha value is -1.40. The van der Waals surface area contributed by atoms with Crippen molar-refractivity contribution in [3.05, 3.63) is 23.3 Å². The van der Waals surface area contributed by atoms with Gasteiger partial charge in [0.15, 0.2) is 0 Å².